The molecule has 29 heavy (non-hydrogen) atoms. The second kappa shape index (κ2) is 7.35. The van der Waals surface area contributed by atoms with Crippen LogP contribution in [0.5, 0.6) is 23.0 Å². The maximum atomic E-state index is 13.2. The average Bonchev–Trinajstić information content (AvgIpc) is 3.42. The van der Waals surface area contributed by atoms with Gasteiger partial charge in [-0.3, -0.25) is 9.78 Å². The van der Waals surface area contributed by atoms with Crippen LogP contribution < -0.4 is 18.9 Å². The minimum absolute atomic E-state index is 0.103. The summed E-state index contributed by atoms with van der Waals surface area (Å²) in [7, 11) is 0. The number of nitrogens with zero attached hydrogens (tertiary/aromatic N) is 2. The second-order valence-electron chi connectivity index (χ2n) is 6.78. The fraction of sp³-hybridized carbons (Fsp3) is 0.182. The molecule has 2 aliphatic heterocycles. The van der Waals surface area contributed by atoms with Gasteiger partial charge in [-0.25, -0.2) is 0 Å². The molecule has 3 heterocycles. The molecule has 1 aromatic heterocycles. The molecule has 7 nitrogen and oxygen atoms in total. The summed E-state index contributed by atoms with van der Waals surface area (Å²) in [6.45, 7) is 1.26. The zero-order chi connectivity index (χ0) is 19.6. The third-order valence-electron chi connectivity index (χ3n) is 4.82. The number of aromatic nitrogens is 1. The highest BCUT2D eigenvalue weighted by molar-refractivity contribution is 5.93. The lowest BCUT2D eigenvalue weighted by Gasteiger charge is -2.23. The number of hydrogen-bond donors (Lipinski definition) is 0. The maximum absolute atomic E-state index is 13.2. The molecule has 0 fully saturated rings. The Kier molecular flexibility index (Phi) is 4.40. The van der Waals surface area contributed by atoms with Crippen molar-refractivity contribution in [3.63, 3.8) is 0 Å². The van der Waals surface area contributed by atoms with E-state index in [0.29, 0.717) is 30.2 Å². The van der Waals surface area contributed by atoms with Crippen molar-refractivity contribution >= 4 is 5.91 Å². The summed E-state index contributed by atoms with van der Waals surface area (Å²) in [4.78, 5) is 19.0. The minimum Gasteiger partial charge on any atom is -0.454 e. The predicted molar refractivity (Wildman–Crippen MR) is 103 cm³/mol. The van der Waals surface area contributed by atoms with Crippen LogP contribution in [0.4, 0.5) is 0 Å². The molecule has 5 rings (SSSR count). The number of hydrogen-bond acceptors (Lipinski definition) is 6. The van der Waals surface area contributed by atoms with Crippen LogP contribution in [0, 0.1) is 0 Å². The quantitative estimate of drug-likeness (QED) is 0.665. The Balaban J connectivity index is 1.43. The summed E-state index contributed by atoms with van der Waals surface area (Å²) >= 11 is 0. The lowest BCUT2D eigenvalue weighted by molar-refractivity contribution is 0.0729. The summed E-state index contributed by atoms with van der Waals surface area (Å²) in [5.41, 5.74) is 2.44. The lowest BCUT2D eigenvalue weighted by atomic mass is 10.1. The Labute approximate surface area is 167 Å². The van der Waals surface area contributed by atoms with Crippen LogP contribution in [0.25, 0.3) is 0 Å². The van der Waals surface area contributed by atoms with Gasteiger partial charge in [-0.05, 0) is 47.5 Å². The van der Waals surface area contributed by atoms with Gasteiger partial charge in [0.05, 0.1) is 5.56 Å². The number of ether oxygens (including phenoxy) is 4. The van der Waals surface area contributed by atoms with Crippen LogP contribution in [-0.2, 0) is 13.1 Å². The highest BCUT2D eigenvalue weighted by atomic mass is 16.7. The molecule has 0 saturated heterocycles. The molecule has 0 spiro atoms. The SMILES string of the molecule is O=C(c1cccnc1)N(Cc1ccc2c(c1)OCO2)Cc1ccc2c(c1)OCO2. The van der Waals surface area contributed by atoms with E-state index >= 15 is 0 Å². The van der Waals surface area contributed by atoms with Crippen molar-refractivity contribution in [3.8, 4) is 23.0 Å². The standard InChI is InChI=1S/C22H18N2O5/c25-22(17-2-1-7-23-10-17)24(11-15-3-5-18-20(8-15)28-13-26-18)12-16-4-6-19-21(9-16)29-14-27-19/h1-10H,11-14H2. The minimum atomic E-state index is -0.103. The van der Waals surface area contributed by atoms with E-state index in [9.17, 15) is 4.79 Å². The van der Waals surface area contributed by atoms with Crippen molar-refractivity contribution in [3.05, 3.63) is 77.6 Å². The van der Waals surface area contributed by atoms with E-state index in [-0.39, 0.29) is 19.5 Å². The zero-order valence-electron chi connectivity index (χ0n) is 15.5. The smallest absolute Gasteiger partial charge is 0.256 e. The molecule has 7 heteroatoms. The Morgan fingerprint density at radius 1 is 0.828 bits per heavy atom. The Morgan fingerprint density at radius 2 is 1.41 bits per heavy atom. The van der Waals surface area contributed by atoms with Crippen LogP contribution in [0.3, 0.4) is 0 Å². The fourth-order valence-electron chi connectivity index (χ4n) is 3.39. The van der Waals surface area contributed by atoms with Crippen molar-refractivity contribution in [2.45, 2.75) is 13.1 Å². The van der Waals surface area contributed by atoms with E-state index in [0.717, 1.165) is 22.6 Å². The normalized spacial score (nSPS) is 13.4. The van der Waals surface area contributed by atoms with Crippen molar-refractivity contribution in [2.24, 2.45) is 0 Å². The molecule has 0 unspecified atom stereocenters. The van der Waals surface area contributed by atoms with Gasteiger partial charge in [-0.1, -0.05) is 12.1 Å². The highest BCUT2D eigenvalue weighted by Gasteiger charge is 2.21. The Morgan fingerprint density at radius 3 is 1.97 bits per heavy atom. The molecule has 0 aliphatic carbocycles. The molecule has 0 atom stereocenters. The first-order valence-corrected chi connectivity index (χ1v) is 9.22. The van der Waals surface area contributed by atoms with Crippen molar-refractivity contribution in [2.75, 3.05) is 13.6 Å². The molecule has 0 bridgehead atoms. The monoisotopic (exact) mass is 390 g/mol. The van der Waals surface area contributed by atoms with E-state index in [1.54, 1.807) is 29.4 Å². The number of carbonyl (C=O) groups excluding carboxylic acids is 1. The van der Waals surface area contributed by atoms with Crippen LogP contribution in [-0.4, -0.2) is 29.4 Å². The summed E-state index contributed by atoms with van der Waals surface area (Å²) in [5, 5.41) is 0. The third-order valence-corrected chi connectivity index (χ3v) is 4.82. The van der Waals surface area contributed by atoms with Gasteiger partial charge in [0, 0.05) is 25.5 Å². The number of rotatable bonds is 5. The maximum Gasteiger partial charge on any atom is 0.256 e. The molecule has 0 radical (unpaired) electrons. The zero-order valence-corrected chi connectivity index (χ0v) is 15.5. The number of benzene rings is 2. The van der Waals surface area contributed by atoms with Crippen LogP contribution in [0.1, 0.15) is 21.5 Å². The lowest BCUT2D eigenvalue weighted by Crippen LogP contribution is -2.30. The summed E-state index contributed by atoms with van der Waals surface area (Å²) in [5.74, 6) is 2.72. The third kappa shape index (κ3) is 3.54. The number of carbonyl (C=O) groups is 1. The molecule has 146 valence electrons. The Bertz CT molecular complexity index is 995. The van der Waals surface area contributed by atoms with Crippen molar-refractivity contribution in [1.29, 1.82) is 0 Å². The van der Waals surface area contributed by atoms with E-state index in [1.807, 2.05) is 36.4 Å². The van der Waals surface area contributed by atoms with E-state index in [4.69, 9.17) is 18.9 Å². The van der Waals surface area contributed by atoms with E-state index < -0.39 is 0 Å². The summed E-state index contributed by atoms with van der Waals surface area (Å²) in [6, 6.07) is 15.0. The van der Waals surface area contributed by atoms with Crippen LogP contribution >= 0.6 is 0 Å². The predicted octanol–water partition coefficient (Wildman–Crippen LogP) is 3.38. The molecular weight excluding hydrogens is 372 g/mol. The number of amides is 1. The van der Waals surface area contributed by atoms with E-state index in [2.05, 4.69) is 4.98 Å². The van der Waals surface area contributed by atoms with Gasteiger partial charge in [-0.2, -0.15) is 0 Å². The van der Waals surface area contributed by atoms with Gasteiger partial charge in [0.15, 0.2) is 23.0 Å². The summed E-state index contributed by atoms with van der Waals surface area (Å²) < 4.78 is 21.7. The molecule has 0 saturated carbocycles. The topological polar surface area (TPSA) is 70.1 Å². The molecule has 1 amide bonds. The molecule has 2 aliphatic rings. The largest absolute Gasteiger partial charge is 0.454 e. The molecule has 3 aromatic rings. The first-order valence-electron chi connectivity index (χ1n) is 9.22. The van der Waals surface area contributed by atoms with Crippen LogP contribution in [0.2, 0.25) is 0 Å². The van der Waals surface area contributed by atoms with Crippen LogP contribution in [0.15, 0.2) is 60.9 Å². The van der Waals surface area contributed by atoms with Crippen molar-refractivity contribution < 1.29 is 23.7 Å². The molecular formula is C22H18N2O5. The van der Waals surface area contributed by atoms with Gasteiger partial charge < -0.3 is 23.8 Å². The Hall–Kier alpha value is -3.74. The summed E-state index contributed by atoms with van der Waals surface area (Å²) in [6.07, 6.45) is 3.23. The first kappa shape index (κ1) is 17.4. The van der Waals surface area contributed by atoms with Gasteiger partial charge in [0.25, 0.3) is 5.91 Å². The molecule has 0 N–H and O–H groups in total. The number of fused-ring (bicyclic) bond motifs is 2. The average molecular weight is 390 g/mol. The van der Waals surface area contributed by atoms with Crippen molar-refractivity contribution in [1.82, 2.24) is 9.88 Å². The van der Waals surface area contributed by atoms with Gasteiger partial charge >= 0.3 is 0 Å². The highest BCUT2D eigenvalue weighted by Crippen LogP contribution is 2.34. The number of pyridine rings is 1. The van der Waals surface area contributed by atoms with Gasteiger partial charge in [-0.15, -0.1) is 0 Å². The van der Waals surface area contributed by atoms with Gasteiger partial charge in [0.2, 0.25) is 13.6 Å². The van der Waals surface area contributed by atoms with Gasteiger partial charge in [0.1, 0.15) is 0 Å². The van der Waals surface area contributed by atoms with E-state index in [1.165, 1.54) is 0 Å². The second-order valence-corrected chi connectivity index (χ2v) is 6.78. The first-order chi connectivity index (χ1) is 14.3. The molecule has 2 aromatic carbocycles. The fourth-order valence-corrected chi connectivity index (χ4v) is 3.39.